The Morgan fingerprint density at radius 3 is 2.81 bits per heavy atom. The Hall–Kier alpha value is -3.15. The van der Waals surface area contributed by atoms with Gasteiger partial charge in [-0.3, -0.25) is 9.78 Å². The fourth-order valence-electron chi connectivity index (χ4n) is 3.67. The molecule has 0 bridgehead atoms. The molecule has 1 atom stereocenters. The van der Waals surface area contributed by atoms with Crippen molar-refractivity contribution in [1.29, 1.82) is 0 Å². The lowest BCUT2D eigenvalue weighted by Crippen LogP contribution is -2.23. The molecule has 130 valence electrons. The van der Waals surface area contributed by atoms with E-state index in [1.165, 1.54) is 12.1 Å². The summed E-state index contributed by atoms with van der Waals surface area (Å²) in [5.41, 5.74) is 10.1. The molecule has 0 saturated heterocycles. The lowest BCUT2D eigenvalue weighted by Gasteiger charge is -2.26. The Labute approximate surface area is 150 Å². The van der Waals surface area contributed by atoms with E-state index in [1.807, 2.05) is 12.1 Å². The lowest BCUT2D eigenvalue weighted by molar-refractivity contribution is 0.0962. The maximum Gasteiger partial charge on any atom is 0.220 e. The zero-order valence-electron chi connectivity index (χ0n) is 14.2. The van der Waals surface area contributed by atoms with Crippen LogP contribution in [0.25, 0.3) is 11.1 Å². The average Bonchev–Trinajstić information content (AvgIpc) is 2.61. The molecule has 3 aromatic rings. The van der Waals surface area contributed by atoms with Gasteiger partial charge in [0.1, 0.15) is 5.82 Å². The second-order valence-electron chi connectivity index (χ2n) is 6.49. The van der Waals surface area contributed by atoms with Crippen LogP contribution < -0.4 is 5.73 Å². The highest BCUT2D eigenvalue weighted by Crippen LogP contribution is 2.38. The van der Waals surface area contributed by atoms with Crippen LogP contribution in [-0.2, 0) is 6.42 Å². The standard InChI is InChI=1S/C20H17FN4O/c1-11-19-17(25-20(22)24-11)7-13(8-18(19)26)15-5-4-14(21)9-16(15)12-3-2-6-23-10-12/h2-6,9-10,13H,7-8H2,1H3,(H2,22,24,25)/t13-/m0/s1. The van der Waals surface area contributed by atoms with Crippen LogP contribution in [0.3, 0.4) is 0 Å². The first kappa shape index (κ1) is 16.3. The summed E-state index contributed by atoms with van der Waals surface area (Å²) in [7, 11) is 0. The van der Waals surface area contributed by atoms with Crippen molar-refractivity contribution in [3.63, 3.8) is 0 Å². The number of hydrogen-bond donors (Lipinski definition) is 1. The number of ketones is 1. The highest BCUT2D eigenvalue weighted by Gasteiger charge is 2.31. The number of carbonyl (C=O) groups excluding carboxylic acids is 1. The van der Waals surface area contributed by atoms with E-state index in [1.54, 1.807) is 25.4 Å². The molecule has 0 amide bonds. The number of benzene rings is 1. The predicted molar refractivity (Wildman–Crippen MR) is 96.2 cm³/mol. The van der Waals surface area contributed by atoms with Gasteiger partial charge in [-0.2, -0.15) is 0 Å². The minimum atomic E-state index is -0.322. The summed E-state index contributed by atoms with van der Waals surface area (Å²) >= 11 is 0. The van der Waals surface area contributed by atoms with E-state index in [9.17, 15) is 9.18 Å². The van der Waals surface area contributed by atoms with Gasteiger partial charge in [0.2, 0.25) is 5.95 Å². The van der Waals surface area contributed by atoms with E-state index in [0.29, 0.717) is 29.8 Å². The van der Waals surface area contributed by atoms with Crippen LogP contribution in [0.5, 0.6) is 0 Å². The van der Waals surface area contributed by atoms with Gasteiger partial charge >= 0.3 is 0 Å². The second kappa shape index (κ2) is 6.29. The molecule has 0 aliphatic heterocycles. The van der Waals surface area contributed by atoms with Crippen LogP contribution in [0.1, 0.15) is 39.6 Å². The summed E-state index contributed by atoms with van der Waals surface area (Å²) < 4.78 is 13.9. The van der Waals surface area contributed by atoms with Gasteiger partial charge < -0.3 is 5.73 Å². The molecule has 2 N–H and O–H groups in total. The molecule has 6 heteroatoms. The van der Waals surface area contributed by atoms with Crippen LogP contribution in [0.4, 0.5) is 10.3 Å². The Balaban J connectivity index is 1.81. The maximum absolute atomic E-state index is 13.9. The first-order valence-corrected chi connectivity index (χ1v) is 8.39. The van der Waals surface area contributed by atoms with Crippen LogP contribution in [0.2, 0.25) is 0 Å². The van der Waals surface area contributed by atoms with Gasteiger partial charge in [0, 0.05) is 24.4 Å². The van der Waals surface area contributed by atoms with Gasteiger partial charge in [-0.25, -0.2) is 14.4 Å². The number of nitrogens with zero attached hydrogens (tertiary/aromatic N) is 3. The summed E-state index contributed by atoms with van der Waals surface area (Å²) in [6.07, 6.45) is 4.26. The monoisotopic (exact) mass is 348 g/mol. The molecule has 1 aromatic carbocycles. The zero-order chi connectivity index (χ0) is 18.3. The molecule has 2 heterocycles. The number of rotatable bonds is 2. The smallest absolute Gasteiger partial charge is 0.220 e. The van der Waals surface area contributed by atoms with Crippen molar-refractivity contribution in [2.24, 2.45) is 0 Å². The Bertz CT molecular complexity index is 1000. The van der Waals surface area contributed by atoms with Crippen molar-refractivity contribution in [2.75, 3.05) is 5.73 Å². The first-order chi connectivity index (χ1) is 12.5. The van der Waals surface area contributed by atoms with Crippen LogP contribution in [-0.4, -0.2) is 20.7 Å². The van der Waals surface area contributed by atoms with Crippen molar-refractivity contribution in [2.45, 2.75) is 25.7 Å². The third kappa shape index (κ3) is 2.83. The highest BCUT2D eigenvalue weighted by molar-refractivity contribution is 6.00. The van der Waals surface area contributed by atoms with E-state index in [-0.39, 0.29) is 23.5 Å². The molecule has 4 rings (SSSR count). The van der Waals surface area contributed by atoms with Crippen molar-refractivity contribution in [1.82, 2.24) is 15.0 Å². The molecule has 0 spiro atoms. The molecule has 5 nitrogen and oxygen atoms in total. The van der Waals surface area contributed by atoms with Gasteiger partial charge in [0.05, 0.1) is 17.0 Å². The molecule has 26 heavy (non-hydrogen) atoms. The molecule has 2 aromatic heterocycles. The van der Waals surface area contributed by atoms with Gasteiger partial charge in [-0.15, -0.1) is 0 Å². The van der Waals surface area contributed by atoms with E-state index in [2.05, 4.69) is 15.0 Å². The van der Waals surface area contributed by atoms with Crippen LogP contribution >= 0.6 is 0 Å². The number of aromatic nitrogens is 3. The number of anilines is 1. The fourth-order valence-corrected chi connectivity index (χ4v) is 3.67. The Morgan fingerprint density at radius 1 is 1.19 bits per heavy atom. The minimum Gasteiger partial charge on any atom is -0.368 e. The number of Topliss-reactive ketones (excluding diaryl/α,β-unsaturated/α-hetero) is 1. The number of hydrogen-bond acceptors (Lipinski definition) is 5. The summed E-state index contributed by atoms with van der Waals surface area (Å²) in [6, 6.07) is 8.36. The van der Waals surface area contributed by atoms with E-state index < -0.39 is 0 Å². The molecule has 1 aliphatic carbocycles. The SMILES string of the molecule is Cc1nc(N)nc2c1C(=O)C[C@@H](c1ccc(F)cc1-c1cccnc1)C2. The van der Waals surface area contributed by atoms with Gasteiger partial charge in [-0.1, -0.05) is 12.1 Å². The number of aryl methyl sites for hydroxylation is 1. The zero-order valence-corrected chi connectivity index (χ0v) is 14.2. The van der Waals surface area contributed by atoms with Crippen molar-refractivity contribution >= 4 is 11.7 Å². The van der Waals surface area contributed by atoms with E-state index in [0.717, 1.165) is 16.7 Å². The van der Waals surface area contributed by atoms with Crippen molar-refractivity contribution in [3.8, 4) is 11.1 Å². The van der Waals surface area contributed by atoms with Crippen LogP contribution in [0, 0.1) is 12.7 Å². The fraction of sp³-hybridized carbons (Fsp3) is 0.200. The number of carbonyl (C=O) groups is 1. The molecule has 0 radical (unpaired) electrons. The van der Waals surface area contributed by atoms with Crippen molar-refractivity contribution in [3.05, 3.63) is 71.1 Å². The third-order valence-corrected chi connectivity index (χ3v) is 4.76. The topological polar surface area (TPSA) is 81.8 Å². The van der Waals surface area contributed by atoms with Crippen molar-refractivity contribution < 1.29 is 9.18 Å². The summed E-state index contributed by atoms with van der Waals surface area (Å²) in [5, 5.41) is 0. The maximum atomic E-state index is 13.9. The Morgan fingerprint density at radius 2 is 2.04 bits per heavy atom. The normalized spacial score (nSPS) is 16.4. The largest absolute Gasteiger partial charge is 0.368 e. The molecule has 1 aliphatic rings. The summed E-state index contributed by atoms with van der Waals surface area (Å²) in [5.74, 6) is -0.256. The van der Waals surface area contributed by atoms with Gasteiger partial charge in [0.15, 0.2) is 5.78 Å². The number of nitrogens with two attached hydrogens (primary N) is 1. The average molecular weight is 348 g/mol. The molecule has 0 saturated carbocycles. The molecule has 0 fully saturated rings. The molecular formula is C20H17FN4O. The first-order valence-electron chi connectivity index (χ1n) is 8.39. The second-order valence-corrected chi connectivity index (χ2v) is 6.49. The summed E-state index contributed by atoms with van der Waals surface area (Å²) in [6.45, 7) is 1.77. The van der Waals surface area contributed by atoms with Gasteiger partial charge in [0.25, 0.3) is 0 Å². The Kier molecular flexibility index (Phi) is 3.95. The lowest BCUT2D eigenvalue weighted by atomic mass is 9.79. The number of pyridine rings is 1. The molecular weight excluding hydrogens is 331 g/mol. The van der Waals surface area contributed by atoms with E-state index in [4.69, 9.17) is 5.73 Å². The van der Waals surface area contributed by atoms with Crippen LogP contribution in [0.15, 0.2) is 42.7 Å². The predicted octanol–water partition coefficient (Wildman–Crippen LogP) is 3.48. The number of halogens is 1. The number of fused-ring (bicyclic) bond motifs is 1. The third-order valence-electron chi connectivity index (χ3n) is 4.76. The minimum absolute atomic E-state index is 0.00443. The quantitative estimate of drug-likeness (QED) is 0.767. The summed E-state index contributed by atoms with van der Waals surface area (Å²) in [4.78, 5) is 25.2. The molecule has 0 unspecified atom stereocenters. The number of nitrogen functional groups attached to an aromatic ring is 1. The highest BCUT2D eigenvalue weighted by atomic mass is 19.1. The van der Waals surface area contributed by atoms with E-state index >= 15 is 0 Å². The van der Waals surface area contributed by atoms with Gasteiger partial charge in [-0.05, 0) is 48.6 Å².